The molecule has 1 atom stereocenters. The largest absolute Gasteiger partial charge is 0.312 e. The summed E-state index contributed by atoms with van der Waals surface area (Å²) in [6, 6.07) is 0.434. The van der Waals surface area contributed by atoms with E-state index in [9.17, 15) is 0 Å². The maximum absolute atomic E-state index is 4.37. The Morgan fingerprint density at radius 3 is 2.87 bits per heavy atom. The number of nitrogens with one attached hydrogen (secondary N) is 1. The molecule has 2 aliphatic rings. The molecule has 1 aromatic heterocycles. The summed E-state index contributed by atoms with van der Waals surface area (Å²) in [4.78, 5) is 0. The molecular formula is C11H18N4. The van der Waals surface area contributed by atoms with Crippen molar-refractivity contribution >= 4 is 0 Å². The molecule has 3 rings (SSSR count). The fourth-order valence-corrected chi connectivity index (χ4v) is 2.42. The Morgan fingerprint density at radius 1 is 1.33 bits per heavy atom. The van der Waals surface area contributed by atoms with Gasteiger partial charge in [0, 0.05) is 19.0 Å². The predicted octanol–water partition coefficient (Wildman–Crippen LogP) is 1.60. The Kier molecular flexibility index (Phi) is 2.24. The van der Waals surface area contributed by atoms with Crippen LogP contribution in [0.15, 0.2) is 0 Å². The Morgan fingerprint density at radius 2 is 2.13 bits per heavy atom. The van der Waals surface area contributed by atoms with Crippen LogP contribution >= 0.6 is 0 Å². The van der Waals surface area contributed by atoms with E-state index in [4.69, 9.17) is 0 Å². The smallest absolute Gasteiger partial charge is 0.150 e. The van der Waals surface area contributed by atoms with Crippen LogP contribution in [0.4, 0.5) is 0 Å². The third kappa shape index (κ3) is 1.57. The SMILES string of the molecule is CCCC1NCCn2c(C3CC3)nnc21. The van der Waals surface area contributed by atoms with Gasteiger partial charge in [-0.05, 0) is 19.3 Å². The summed E-state index contributed by atoms with van der Waals surface area (Å²) in [5.41, 5.74) is 0. The highest BCUT2D eigenvalue weighted by molar-refractivity contribution is 5.12. The van der Waals surface area contributed by atoms with Gasteiger partial charge in [-0.3, -0.25) is 0 Å². The third-order valence-electron chi connectivity index (χ3n) is 3.37. The Bertz CT molecular complexity index is 353. The van der Waals surface area contributed by atoms with Crippen LogP contribution in [-0.4, -0.2) is 21.3 Å². The molecule has 1 fully saturated rings. The van der Waals surface area contributed by atoms with Gasteiger partial charge in [-0.2, -0.15) is 0 Å². The van der Waals surface area contributed by atoms with E-state index >= 15 is 0 Å². The first-order valence-corrected chi connectivity index (χ1v) is 6.06. The second-order valence-corrected chi connectivity index (χ2v) is 4.64. The molecule has 1 unspecified atom stereocenters. The number of fused-ring (bicyclic) bond motifs is 1. The average Bonchev–Trinajstić information content (AvgIpc) is 3.00. The minimum atomic E-state index is 0.434. The second-order valence-electron chi connectivity index (χ2n) is 4.64. The van der Waals surface area contributed by atoms with Crippen molar-refractivity contribution in [3.8, 4) is 0 Å². The highest BCUT2D eigenvalue weighted by Gasteiger charge is 2.32. The molecule has 4 heteroatoms. The van der Waals surface area contributed by atoms with Crippen molar-refractivity contribution in [2.45, 2.75) is 51.1 Å². The first-order valence-electron chi connectivity index (χ1n) is 6.06. The van der Waals surface area contributed by atoms with Crippen LogP contribution in [0.3, 0.4) is 0 Å². The van der Waals surface area contributed by atoms with Crippen molar-refractivity contribution in [2.24, 2.45) is 0 Å². The van der Waals surface area contributed by atoms with E-state index in [1.807, 2.05) is 0 Å². The highest BCUT2D eigenvalue weighted by Crippen LogP contribution is 2.40. The molecule has 0 amide bonds. The maximum Gasteiger partial charge on any atom is 0.150 e. The summed E-state index contributed by atoms with van der Waals surface area (Å²) >= 11 is 0. The van der Waals surface area contributed by atoms with Crippen molar-refractivity contribution < 1.29 is 0 Å². The van der Waals surface area contributed by atoms with Gasteiger partial charge in [-0.1, -0.05) is 13.3 Å². The van der Waals surface area contributed by atoms with E-state index < -0.39 is 0 Å². The molecule has 0 saturated heterocycles. The van der Waals surface area contributed by atoms with Crippen LogP contribution in [0.25, 0.3) is 0 Å². The van der Waals surface area contributed by atoms with Crippen molar-refractivity contribution in [3.05, 3.63) is 11.6 Å². The highest BCUT2D eigenvalue weighted by atomic mass is 15.3. The number of hydrogen-bond acceptors (Lipinski definition) is 3. The fraction of sp³-hybridized carbons (Fsp3) is 0.818. The van der Waals surface area contributed by atoms with Crippen LogP contribution in [0.2, 0.25) is 0 Å². The monoisotopic (exact) mass is 206 g/mol. The van der Waals surface area contributed by atoms with Gasteiger partial charge in [-0.25, -0.2) is 0 Å². The third-order valence-corrected chi connectivity index (χ3v) is 3.37. The van der Waals surface area contributed by atoms with Gasteiger partial charge in [0.1, 0.15) is 11.6 Å². The van der Waals surface area contributed by atoms with E-state index in [1.165, 1.54) is 37.3 Å². The Labute approximate surface area is 90.1 Å². The minimum absolute atomic E-state index is 0.434. The van der Waals surface area contributed by atoms with Crippen molar-refractivity contribution in [1.82, 2.24) is 20.1 Å². The molecule has 2 heterocycles. The topological polar surface area (TPSA) is 42.7 Å². The maximum atomic E-state index is 4.37. The summed E-state index contributed by atoms with van der Waals surface area (Å²) in [6.07, 6.45) is 4.99. The molecule has 0 aromatic carbocycles. The van der Waals surface area contributed by atoms with Gasteiger partial charge in [0.05, 0.1) is 6.04 Å². The molecule has 1 aliphatic carbocycles. The molecule has 0 radical (unpaired) electrons. The Hall–Kier alpha value is -0.900. The second kappa shape index (κ2) is 3.59. The standard InChI is InChI=1S/C11H18N4/c1-2-3-9-11-14-13-10(8-4-5-8)15(11)7-6-12-9/h8-9,12H,2-7H2,1H3. The van der Waals surface area contributed by atoms with E-state index in [-0.39, 0.29) is 0 Å². The van der Waals surface area contributed by atoms with Gasteiger partial charge in [0.15, 0.2) is 0 Å². The molecule has 82 valence electrons. The van der Waals surface area contributed by atoms with Crippen LogP contribution in [0.1, 0.15) is 56.2 Å². The Balaban J connectivity index is 1.91. The molecular weight excluding hydrogens is 188 g/mol. The lowest BCUT2D eigenvalue weighted by Gasteiger charge is -2.24. The lowest BCUT2D eigenvalue weighted by molar-refractivity contribution is 0.388. The first kappa shape index (κ1) is 9.33. The molecule has 0 bridgehead atoms. The zero-order valence-electron chi connectivity index (χ0n) is 9.24. The van der Waals surface area contributed by atoms with Gasteiger partial charge >= 0.3 is 0 Å². The molecule has 15 heavy (non-hydrogen) atoms. The van der Waals surface area contributed by atoms with Crippen LogP contribution in [0.5, 0.6) is 0 Å². The minimum Gasteiger partial charge on any atom is -0.312 e. The number of nitrogens with zero attached hydrogens (tertiary/aromatic N) is 3. The molecule has 1 aromatic rings. The van der Waals surface area contributed by atoms with Crippen molar-refractivity contribution in [3.63, 3.8) is 0 Å². The number of hydrogen-bond donors (Lipinski definition) is 1. The fourth-order valence-electron chi connectivity index (χ4n) is 2.42. The van der Waals surface area contributed by atoms with E-state index in [0.29, 0.717) is 12.0 Å². The van der Waals surface area contributed by atoms with Crippen molar-refractivity contribution in [1.29, 1.82) is 0 Å². The quantitative estimate of drug-likeness (QED) is 0.817. The summed E-state index contributed by atoms with van der Waals surface area (Å²) in [5.74, 6) is 3.13. The normalized spacial score (nSPS) is 25.3. The van der Waals surface area contributed by atoms with Gasteiger partial charge in [0.25, 0.3) is 0 Å². The van der Waals surface area contributed by atoms with Gasteiger partial charge in [-0.15, -0.1) is 10.2 Å². The van der Waals surface area contributed by atoms with E-state index in [1.54, 1.807) is 0 Å². The summed E-state index contributed by atoms with van der Waals surface area (Å²) in [7, 11) is 0. The first-order chi connectivity index (χ1) is 7.40. The molecule has 1 aliphatic heterocycles. The summed E-state index contributed by atoms with van der Waals surface area (Å²) in [6.45, 7) is 4.34. The van der Waals surface area contributed by atoms with Gasteiger partial charge < -0.3 is 9.88 Å². The van der Waals surface area contributed by atoms with Crippen LogP contribution in [-0.2, 0) is 6.54 Å². The zero-order valence-corrected chi connectivity index (χ0v) is 9.24. The molecule has 1 N–H and O–H groups in total. The molecule has 1 saturated carbocycles. The predicted molar refractivity (Wildman–Crippen MR) is 57.6 cm³/mol. The van der Waals surface area contributed by atoms with E-state index in [0.717, 1.165) is 13.1 Å². The summed E-state index contributed by atoms with van der Waals surface area (Å²) < 4.78 is 2.36. The lowest BCUT2D eigenvalue weighted by Crippen LogP contribution is -2.34. The molecule has 0 spiro atoms. The number of aromatic nitrogens is 3. The summed E-state index contributed by atoms with van der Waals surface area (Å²) in [5, 5.41) is 12.3. The zero-order chi connectivity index (χ0) is 10.3. The van der Waals surface area contributed by atoms with Crippen LogP contribution in [0, 0.1) is 0 Å². The van der Waals surface area contributed by atoms with Crippen molar-refractivity contribution in [2.75, 3.05) is 6.54 Å². The lowest BCUT2D eigenvalue weighted by atomic mass is 10.1. The van der Waals surface area contributed by atoms with Gasteiger partial charge in [0.2, 0.25) is 0 Å². The van der Waals surface area contributed by atoms with Crippen LogP contribution < -0.4 is 5.32 Å². The average molecular weight is 206 g/mol. The molecule has 4 nitrogen and oxygen atoms in total. The number of rotatable bonds is 3. The van der Waals surface area contributed by atoms with E-state index in [2.05, 4.69) is 27.0 Å².